The number of carbonyl (C=O) groups is 1. The van der Waals surface area contributed by atoms with Crippen LogP contribution in [0.5, 0.6) is 0 Å². The molecule has 1 aliphatic heterocycles. The highest BCUT2D eigenvalue weighted by Crippen LogP contribution is 2.13. The Morgan fingerprint density at radius 1 is 1.65 bits per heavy atom. The molecule has 1 aliphatic rings. The molecule has 1 fully saturated rings. The number of H-pyrrole nitrogens is 1. The quantitative estimate of drug-likeness (QED) is 0.655. The Bertz CT molecular complexity index is 352. The molecule has 0 aliphatic carbocycles. The van der Waals surface area contributed by atoms with E-state index in [1.165, 1.54) is 0 Å². The summed E-state index contributed by atoms with van der Waals surface area (Å²) in [5.74, 6) is -0.0686. The van der Waals surface area contributed by atoms with E-state index in [0.717, 1.165) is 12.2 Å². The fraction of sp³-hybridized carbons (Fsp3) is 0.636. The largest absolute Gasteiger partial charge is 0.379 e. The lowest BCUT2D eigenvalue weighted by molar-refractivity contribution is -0.125. The fourth-order valence-electron chi connectivity index (χ4n) is 1.97. The molecule has 17 heavy (non-hydrogen) atoms. The third kappa shape index (κ3) is 3.04. The van der Waals surface area contributed by atoms with Crippen molar-refractivity contribution in [2.75, 3.05) is 19.8 Å². The van der Waals surface area contributed by atoms with E-state index in [-0.39, 0.29) is 17.9 Å². The molecular formula is C11H18N4O2. The standard InChI is InChI=1S/C11H18N4O2/c1-2-13-10-6-17-5-9(10)11(16)14-4-8-3-12-7-15-8/h3,7,9-10,13H,2,4-6H2,1H3,(H,12,15)(H,14,16). The van der Waals surface area contributed by atoms with Gasteiger partial charge in [0.15, 0.2) is 0 Å². The van der Waals surface area contributed by atoms with Crippen LogP contribution in [0.15, 0.2) is 12.5 Å². The van der Waals surface area contributed by atoms with Gasteiger partial charge in [0, 0.05) is 12.2 Å². The van der Waals surface area contributed by atoms with Crippen LogP contribution in [-0.4, -0.2) is 41.7 Å². The maximum absolute atomic E-state index is 12.0. The molecule has 1 aromatic rings. The third-order valence-electron chi connectivity index (χ3n) is 2.89. The maximum atomic E-state index is 12.0. The van der Waals surface area contributed by atoms with Gasteiger partial charge in [-0.3, -0.25) is 4.79 Å². The number of hydrogen-bond acceptors (Lipinski definition) is 4. The summed E-state index contributed by atoms with van der Waals surface area (Å²) < 4.78 is 5.34. The average Bonchev–Trinajstić information content (AvgIpc) is 2.97. The number of nitrogens with one attached hydrogen (secondary N) is 3. The van der Waals surface area contributed by atoms with Gasteiger partial charge in [0.25, 0.3) is 0 Å². The summed E-state index contributed by atoms with van der Waals surface area (Å²) >= 11 is 0. The van der Waals surface area contributed by atoms with E-state index in [1.807, 2.05) is 6.92 Å². The number of likely N-dealkylation sites (N-methyl/N-ethyl adjacent to an activating group) is 1. The summed E-state index contributed by atoms with van der Waals surface area (Å²) in [5.41, 5.74) is 0.900. The van der Waals surface area contributed by atoms with Crippen molar-refractivity contribution in [2.45, 2.75) is 19.5 Å². The van der Waals surface area contributed by atoms with Gasteiger partial charge in [-0.15, -0.1) is 0 Å². The van der Waals surface area contributed by atoms with Crippen molar-refractivity contribution >= 4 is 5.91 Å². The predicted octanol–water partition coefficient (Wildman–Crippen LogP) is -0.350. The van der Waals surface area contributed by atoms with E-state index < -0.39 is 0 Å². The normalized spacial score (nSPS) is 23.8. The lowest BCUT2D eigenvalue weighted by Gasteiger charge is -2.17. The second-order valence-corrected chi connectivity index (χ2v) is 4.10. The SMILES string of the molecule is CCNC1COCC1C(=O)NCc1cnc[nH]1. The molecule has 3 N–H and O–H groups in total. The molecule has 0 radical (unpaired) electrons. The summed E-state index contributed by atoms with van der Waals surface area (Å²) in [4.78, 5) is 18.8. The van der Waals surface area contributed by atoms with Crippen molar-refractivity contribution < 1.29 is 9.53 Å². The van der Waals surface area contributed by atoms with Gasteiger partial charge in [-0.05, 0) is 6.54 Å². The molecule has 0 saturated carbocycles. The second-order valence-electron chi connectivity index (χ2n) is 4.10. The molecule has 2 unspecified atom stereocenters. The minimum Gasteiger partial charge on any atom is -0.379 e. The number of rotatable bonds is 5. The highest BCUT2D eigenvalue weighted by atomic mass is 16.5. The summed E-state index contributed by atoms with van der Waals surface area (Å²) in [6, 6.07) is 0.127. The number of aromatic amines is 1. The van der Waals surface area contributed by atoms with E-state index >= 15 is 0 Å². The molecule has 2 atom stereocenters. The van der Waals surface area contributed by atoms with Gasteiger partial charge in [0.05, 0.1) is 37.7 Å². The van der Waals surface area contributed by atoms with Gasteiger partial charge in [-0.2, -0.15) is 0 Å². The number of imidazole rings is 1. The maximum Gasteiger partial charge on any atom is 0.227 e. The lowest BCUT2D eigenvalue weighted by atomic mass is 10.0. The molecule has 2 heterocycles. The molecule has 2 rings (SSSR count). The summed E-state index contributed by atoms with van der Waals surface area (Å²) in [6.07, 6.45) is 3.30. The van der Waals surface area contributed by atoms with Crippen molar-refractivity contribution in [1.82, 2.24) is 20.6 Å². The second kappa shape index (κ2) is 5.79. The Kier molecular flexibility index (Phi) is 4.11. The van der Waals surface area contributed by atoms with Crippen LogP contribution in [0.3, 0.4) is 0 Å². The van der Waals surface area contributed by atoms with Gasteiger partial charge in [-0.25, -0.2) is 4.98 Å². The predicted molar refractivity (Wildman–Crippen MR) is 62.2 cm³/mol. The minimum absolute atomic E-state index is 0.0306. The fourth-order valence-corrected chi connectivity index (χ4v) is 1.97. The molecular weight excluding hydrogens is 220 g/mol. The number of aromatic nitrogens is 2. The van der Waals surface area contributed by atoms with Crippen LogP contribution in [0.2, 0.25) is 0 Å². The molecule has 1 saturated heterocycles. The molecule has 1 amide bonds. The van der Waals surface area contributed by atoms with Crippen molar-refractivity contribution in [1.29, 1.82) is 0 Å². The third-order valence-corrected chi connectivity index (χ3v) is 2.89. The van der Waals surface area contributed by atoms with Gasteiger partial charge in [-0.1, -0.05) is 6.92 Å². The van der Waals surface area contributed by atoms with Crippen molar-refractivity contribution in [2.24, 2.45) is 5.92 Å². The summed E-state index contributed by atoms with van der Waals surface area (Å²) in [6.45, 7) is 4.45. The zero-order valence-electron chi connectivity index (χ0n) is 9.90. The molecule has 0 aromatic carbocycles. The first kappa shape index (κ1) is 12.1. The van der Waals surface area contributed by atoms with Crippen LogP contribution < -0.4 is 10.6 Å². The Hall–Kier alpha value is -1.40. The van der Waals surface area contributed by atoms with Crippen LogP contribution in [0, 0.1) is 5.92 Å². The zero-order valence-corrected chi connectivity index (χ0v) is 9.90. The first-order chi connectivity index (χ1) is 8.31. The van der Waals surface area contributed by atoms with Crippen LogP contribution in [0.25, 0.3) is 0 Å². The van der Waals surface area contributed by atoms with Crippen LogP contribution in [-0.2, 0) is 16.1 Å². The van der Waals surface area contributed by atoms with Crippen LogP contribution >= 0.6 is 0 Å². The van der Waals surface area contributed by atoms with E-state index in [2.05, 4.69) is 20.6 Å². The minimum atomic E-state index is -0.0992. The summed E-state index contributed by atoms with van der Waals surface area (Å²) in [5, 5.41) is 6.15. The molecule has 0 spiro atoms. The van der Waals surface area contributed by atoms with Crippen LogP contribution in [0.1, 0.15) is 12.6 Å². The van der Waals surface area contributed by atoms with E-state index in [0.29, 0.717) is 19.8 Å². The Labute approximate surface area is 100 Å². The molecule has 94 valence electrons. The molecule has 6 nitrogen and oxygen atoms in total. The first-order valence-corrected chi connectivity index (χ1v) is 5.87. The van der Waals surface area contributed by atoms with E-state index in [4.69, 9.17) is 4.74 Å². The highest BCUT2D eigenvalue weighted by molar-refractivity contribution is 5.79. The number of hydrogen-bond donors (Lipinski definition) is 3. The average molecular weight is 238 g/mol. The Morgan fingerprint density at radius 2 is 2.53 bits per heavy atom. The highest BCUT2D eigenvalue weighted by Gasteiger charge is 2.33. The van der Waals surface area contributed by atoms with Gasteiger partial charge >= 0.3 is 0 Å². The molecule has 1 aromatic heterocycles. The van der Waals surface area contributed by atoms with Crippen LogP contribution in [0.4, 0.5) is 0 Å². The number of ether oxygens (including phenoxy) is 1. The van der Waals surface area contributed by atoms with Gasteiger partial charge < -0.3 is 20.4 Å². The number of carbonyl (C=O) groups excluding carboxylic acids is 1. The zero-order chi connectivity index (χ0) is 12.1. The first-order valence-electron chi connectivity index (χ1n) is 5.87. The van der Waals surface area contributed by atoms with Crippen molar-refractivity contribution in [3.05, 3.63) is 18.2 Å². The Morgan fingerprint density at radius 3 is 3.24 bits per heavy atom. The molecule has 0 bridgehead atoms. The van der Waals surface area contributed by atoms with Crippen molar-refractivity contribution in [3.63, 3.8) is 0 Å². The topological polar surface area (TPSA) is 79.0 Å². The number of amides is 1. The van der Waals surface area contributed by atoms with E-state index in [1.54, 1.807) is 12.5 Å². The monoisotopic (exact) mass is 238 g/mol. The number of nitrogens with zero attached hydrogens (tertiary/aromatic N) is 1. The van der Waals surface area contributed by atoms with Gasteiger partial charge in [0.1, 0.15) is 0 Å². The van der Waals surface area contributed by atoms with Crippen molar-refractivity contribution in [3.8, 4) is 0 Å². The smallest absolute Gasteiger partial charge is 0.227 e. The summed E-state index contributed by atoms with van der Waals surface area (Å²) in [7, 11) is 0. The Balaban J connectivity index is 1.82. The lowest BCUT2D eigenvalue weighted by Crippen LogP contribution is -2.43. The molecule has 6 heteroatoms. The van der Waals surface area contributed by atoms with E-state index in [9.17, 15) is 4.79 Å². The van der Waals surface area contributed by atoms with Gasteiger partial charge in [0.2, 0.25) is 5.91 Å².